The van der Waals surface area contributed by atoms with E-state index in [2.05, 4.69) is 217 Å². The first-order valence-corrected chi connectivity index (χ1v) is 17.8. The fourth-order valence-electron chi connectivity index (χ4n) is 9.32. The normalized spacial score (nSPS) is 18.0. The van der Waals surface area contributed by atoms with Gasteiger partial charge in [-0.1, -0.05) is 176 Å². The van der Waals surface area contributed by atoms with Crippen molar-refractivity contribution in [3.8, 4) is 11.1 Å². The molecular weight excluding hydrogens is 615 g/mol. The zero-order valence-corrected chi connectivity index (χ0v) is 28.2. The standard InChI is InChI=1S/C50H35N/c1-5-18-36(19-6-1)49(38-32-34-41(35-33-38)51(39-22-9-3-10-23-39)40-24-11-4-12-25-40)45-29-15-16-30-46(45)50(37-20-7-2-8-21-37)44-28-14-13-26-42(44)43-27-17-31-47(49)48(43)50/h1-35H. The summed E-state index contributed by atoms with van der Waals surface area (Å²) in [7, 11) is 0. The molecule has 0 bridgehead atoms. The zero-order valence-electron chi connectivity index (χ0n) is 28.2. The van der Waals surface area contributed by atoms with Crippen molar-refractivity contribution in [1.82, 2.24) is 0 Å². The van der Waals surface area contributed by atoms with Gasteiger partial charge < -0.3 is 4.90 Å². The minimum Gasteiger partial charge on any atom is -0.311 e. The maximum atomic E-state index is 2.40. The van der Waals surface area contributed by atoms with E-state index in [4.69, 9.17) is 0 Å². The lowest BCUT2D eigenvalue weighted by atomic mass is 9.52. The average Bonchev–Trinajstić information content (AvgIpc) is 3.52. The number of benzene rings is 8. The van der Waals surface area contributed by atoms with Crippen LogP contribution in [0.1, 0.15) is 44.5 Å². The van der Waals surface area contributed by atoms with Gasteiger partial charge in [-0.3, -0.25) is 0 Å². The summed E-state index contributed by atoms with van der Waals surface area (Å²) in [6, 6.07) is 78.3. The first-order chi connectivity index (χ1) is 25.3. The summed E-state index contributed by atoms with van der Waals surface area (Å²) < 4.78 is 0. The summed E-state index contributed by atoms with van der Waals surface area (Å²) in [5, 5.41) is 0. The van der Waals surface area contributed by atoms with E-state index in [1.165, 1.54) is 55.6 Å². The minimum absolute atomic E-state index is 0.448. The molecule has 0 heterocycles. The Balaban J connectivity index is 1.29. The van der Waals surface area contributed by atoms with E-state index in [9.17, 15) is 0 Å². The molecule has 51 heavy (non-hydrogen) atoms. The van der Waals surface area contributed by atoms with Crippen molar-refractivity contribution in [2.24, 2.45) is 0 Å². The van der Waals surface area contributed by atoms with Crippen molar-refractivity contribution in [2.75, 3.05) is 4.90 Å². The molecule has 0 aliphatic heterocycles. The molecule has 2 aliphatic rings. The van der Waals surface area contributed by atoms with Gasteiger partial charge in [0.1, 0.15) is 0 Å². The Morgan fingerprint density at radius 3 is 1.24 bits per heavy atom. The lowest BCUT2D eigenvalue weighted by Crippen LogP contribution is -2.44. The predicted molar refractivity (Wildman–Crippen MR) is 210 cm³/mol. The van der Waals surface area contributed by atoms with Crippen LogP contribution in [0.25, 0.3) is 11.1 Å². The summed E-state index contributed by atoms with van der Waals surface area (Å²) in [5.74, 6) is 0. The Kier molecular flexibility index (Phi) is 6.69. The number of nitrogens with zero attached hydrogens (tertiary/aromatic N) is 1. The molecule has 0 saturated heterocycles. The van der Waals surface area contributed by atoms with Crippen LogP contribution in [-0.4, -0.2) is 0 Å². The molecule has 1 nitrogen and oxygen atoms in total. The number of hydrogen-bond acceptors (Lipinski definition) is 1. The highest BCUT2D eigenvalue weighted by Gasteiger charge is 2.57. The highest BCUT2D eigenvalue weighted by atomic mass is 15.1. The first kappa shape index (κ1) is 29.5. The van der Waals surface area contributed by atoms with Crippen LogP contribution in [0, 0.1) is 0 Å². The molecule has 2 unspecified atom stereocenters. The number of anilines is 3. The summed E-state index contributed by atoms with van der Waals surface area (Å²) in [6.45, 7) is 0. The molecule has 0 fully saturated rings. The van der Waals surface area contributed by atoms with Crippen LogP contribution in [-0.2, 0) is 10.8 Å². The highest BCUT2D eigenvalue weighted by Crippen LogP contribution is 2.65. The fourth-order valence-corrected chi connectivity index (χ4v) is 9.32. The van der Waals surface area contributed by atoms with Gasteiger partial charge in [0.05, 0.1) is 10.8 Å². The van der Waals surface area contributed by atoms with Gasteiger partial charge >= 0.3 is 0 Å². The van der Waals surface area contributed by atoms with E-state index in [-0.39, 0.29) is 0 Å². The van der Waals surface area contributed by atoms with Gasteiger partial charge in [0, 0.05) is 17.1 Å². The monoisotopic (exact) mass is 649 g/mol. The van der Waals surface area contributed by atoms with Crippen LogP contribution in [0.2, 0.25) is 0 Å². The summed E-state index contributed by atoms with van der Waals surface area (Å²) >= 11 is 0. The van der Waals surface area contributed by atoms with Crippen LogP contribution >= 0.6 is 0 Å². The molecular formula is C50H35N. The second-order valence-electron chi connectivity index (χ2n) is 13.6. The molecule has 0 N–H and O–H groups in total. The minimum atomic E-state index is -0.563. The maximum Gasteiger partial charge on any atom is 0.0720 e. The van der Waals surface area contributed by atoms with E-state index < -0.39 is 10.8 Å². The third-order valence-electron chi connectivity index (χ3n) is 11.2. The molecule has 1 heteroatoms. The largest absolute Gasteiger partial charge is 0.311 e. The smallest absolute Gasteiger partial charge is 0.0720 e. The van der Waals surface area contributed by atoms with Gasteiger partial charge in [-0.25, -0.2) is 0 Å². The lowest BCUT2D eigenvalue weighted by molar-refractivity contribution is 0.626. The maximum absolute atomic E-state index is 2.40. The average molecular weight is 650 g/mol. The van der Waals surface area contributed by atoms with Crippen molar-refractivity contribution in [3.05, 3.63) is 257 Å². The van der Waals surface area contributed by atoms with Gasteiger partial charge in [-0.2, -0.15) is 0 Å². The van der Waals surface area contributed by atoms with E-state index in [0.29, 0.717) is 0 Å². The SMILES string of the molecule is c1ccc(N(c2ccccc2)c2ccc(C3(c4ccccc4)c4ccccc4C4(c5ccccc5)c5ccccc5-c5cccc3c54)cc2)cc1. The zero-order chi connectivity index (χ0) is 33.8. The lowest BCUT2D eigenvalue weighted by Gasteiger charge is -2.49. The molecule has 0 saturated carbocycles. The molecule has 8 aromatic carbocycles. The van der Waals surface area contributed by atoms with E-state index >= 15 is 0 Å². The Morgan fingerprint density at radius 2 is 0.647 bits per heavy atom. The van der Waals surface area contributed by atoms with Gasteiger partial charge in [0.15, 0.2) is 0 Å². The quantitative estimate of drug-likeness (QED) is 0.173. The van der Waals surface area contributed by atoms with Gasteiger partial charge in [-0.05, 0) is 92.0 Å². The van der Waals surface area contributed by atoms with E-state index in [1.54, 1.807) is 0 Å². The molecule has 0 spiro atoms. The second-order valence-corrected chi connectivity index (χ2v) is 13.6. The van der Waals surface area contributed by atoms with Crippen molar-refractivity contribution < 1.29 is 0 Å². The Bertz CT molecular complexity index is 2470. The van der Waals surface area contributed by atoms with Crippen molar-refractivity contribution in [2.45, 2.75) is 10.8 Å². The molecule has 2 atom stereocenters. The molecule has 0 amide bonds. The Morgan fingerprint density at radius 1 is 0.255 bits per heavy atom. The number of hydrogen-bond donors (Lipinski definition) is 0. The van der Waals surface area contributed by atoms with Crippen LogP contribution in [0.15, 0.2) is 212 Å². The van der Waals surface area contributed by atoms with E-state index in [0.717, 1.165) is 17.1 Å². The van der Waals surface area contributed by atoms with Crippen molar-refractivity contribution in [3.63, 3.8) is 0 Å². The van der Waals surface area contributed by atoms with Crippen LogP contribution in [0.3, 0.4) is 0 Å². The summed E-state index contributed by atoms with van der Waals surface area (Å²) in [4.78, 5) is 2.34. The number of fused-ring (bicyclic) bond motifs is 5. The molecule has 0 radical (unpaired) electrons. The second kappa shape index (κ2) is 11.6. The van der Waals surface area contributed by atoms with Gasteiger partial charge in [0.25, 0.3) is 0 Å². The van der Waals surface area contributed by atoms with Crippen molar-refractivity contribution >= 4 is 17.1 Å². The third-order valence-corrected chi connectivity index (χ3v) is 11.2. The summed E-state index contributed by atoms with van der Waals surface area (Å²) in [6.07, 6.45) is 0. The van der Waals surface area contributed by atoms with E-state index in [1.807, 2.05) is 0 Å². The summed E-state index contributed by atoms with van der Waals surface area (Å²) in [5.41, 5.74) is 15.5. The molecule has 240 valence electrons. The van der Waals surface area contributed by atoms with Crippen LogP contribution in [0.4, 0.5) is 17.1 Å². The Hall–Kier alpha value is -6.44. The predicted octanol–water partition coefficient (Wildman–Crippen LogP) is 12.2. The van der Waals surface area contributed by atoms with Crippen LogP contribution < -0.4 is 4.90 Å². The van der Waals surface area contributed by atoms with Crippen molar-refractivity contribution in [1.29, 1.82) is 0 Å². The fraction of sp³-hybridized carbons (Fsp3) is 0.0400. The van der Waals surface area contributed by atoms with Gasteiger partial charge in [0.2, 0.25) is 0 Å². The van der Waals surface area contributed by atoms with Crippen LogP contribution in [0.5, 0.6) is 0 Å². The number of para-hydroxylation sites is 2. The third kappa shape index (κ3) is 4.09. The highest BCUT2D eigenvalue weighted by molar-refractivity contribution is 5.92. The molecule has 0 aromatic heterocycles. The first-order valence-electron chi connectivity index (χ1n) is 17.8. The molecule has 10 rings (SSSR count). The number of rotatable bonds is 6. The molecule has 2 aliphatic carbocycles. The topological polar surface area (TPSA) is 3.24 Å². The Labute approximate surface area is 299 Å². The molecule has 8 aromatic rings. The van der Waals surface area contributed by atoms with Gasteiger partial charge in [-0.15, -0.1) is 0 Å².